The van der Waals surface area contributed by atoms with E-state index in [0.29, 0.717) is 37.7 Å². The maximum absolute atomic E-state index is 11.7. The van der Waals surface area contributed by atoms with Gasteiger partial charge in [-0.2, -0.15) is 5.10 Å². The number of hydrogen-bond donors (Lipinski definition) is 1. The molecule has 0 amide bonds. The monoisotopic (exact) mass is 336 g/mol. The molecule has 0 aromatic carbocycles. The third-order valence-electron chi connectivity index (χ3n) is 3.72. The fraction of sp³-hybridized carbons (Fsp3) is 0.500. The Kier molecular flexibility index (Phi) is 4.31. The zero-order valence-electron chi connectivity index (χ0n) is 13.2. The zero-order valence-corrected chi connectivity index (χ0v) is 14.0. The average molecular weight is 336 g/mol. The minimum Gasteiger partial charge on any atom is -0.367 e. The number of aromatic nitrogens is 4. The summed E-state index contributed by atoms with van der Waals surface area (Å²) in [6.45, 7) is 5.42. The van der Waals surface area contributed by atoms with Crippen LogP contribution in [0.4, 0.5) is 5.82 Å². The molecule has 0 radical (unpaired) electrons. The number of hydrogen-bond acceptors (Lipinski definition) is 6. The van der Waals surface area contributed by atoms with Crippen molar-refractivity contribution in [2.45, 2.75) is 20.3 Å². The lowest BCUT2D eigenvalue weighted by atomic mass is 10.4. The van der Waals surface area contributed by atoms with Crippen LogP contribution in [0.25, 0.3) is 5.82 Å². The lowest BCUT2D eigenvalue weighted by molar-refractivity contribution is 0.456. The van der Waals surface area contributed by atoms with Crippen molar-refractivity contribution < 1.29 is 8.42 Å². The quantitative estimate of drug-likeness (QED) is 0.865. The van der Waals surface area contributed by atoms with Crippen LogP contribution in [0.15, 0.2) is 18.5 Å². The molecule has 0 aliphatic carbocycles. The predicted octanol–water partition coefficient (Wildman–Crippen LogP) is 0.727. The van der Waals surface area contributed by atoms with Crippen molar-refractivity contribution >= 4 is 15.8 Å². The van der Waals surface area contributed by atoms with E-state index in [1.165, 1.54) is 4.31 Å². The number of aryl methyl sites for hydroxylation is 2. The van der Waals surface area contributed by atoms with Crippen LogP contribution in [0.5, 0.6) is 0 Å². The highest BCUT2D eigenvalue weighted by Gasteiger charge is 2.27. The molecule has 0 saturated carbocycles. The van der Waals surface area contributed by atoms with E-state index >= 15 is 0 Å². The van der Waals surface area contributed by atoms with Gasteiger partial charge in [0.05, 0.1) is 23.8 Å². The van der Waals surface area contributed by atoms with Gasteiger partial charge in [-0.05, 0) is 26.3 Å². The third-order valence-corrected chi connectivity index (χ3v) is 5.68. The highest BCUT2D eigenvalue weighted by Crippen LogP contribution is 2.13. The van der Waals surface area contributed by atoms with Crippen molar-refractivity contribution in [2.24, 2.45) is 0 Å². The maximum atomic E-state index is 11.7. The number of nitrogens with one attached hydrogen (secondary N) is 1. The van der Waals surface area contributed by atoms with Gasteiger partial charge in [0, 0.05) is 25.3 Å². The average Bonchev–Trinajstić information content (AvgIpc) is 3.01. The molecule has 3 heterocycles. The highest BCUT2D eigenvalue weighted by molar-refractivity contribution is 7.89. The topological polar surface area (TPSA) is 93.0 Å². The van der Waals surface area contributed by atoms with E-state index in [9.17, 15) is 8.42 Å². The molecule has 124 valence electrons. The van der Waals surface area contributed by atoms with Crippen molar-refractivity contribution in [3.05, 3.63) is 29.8 Å². The second-order valence-electron chi connectivity index (χ2n) is 5.60. The Morgan fingerprint density at radius 3 is 2.78 bits per heavy atom. The van der Waals surface area contributed by atoms with Gasteiger partial charge in [0.15, 0.2) is 5.82 Å². The van der Waals surface area contributed by atoms with E-state index in [4.69, 9.17) is 0 Å². The van der Waals surface area contributed by atoms with Gasteiger partial charge in [-0.25, -0.2) is 22.4 Å². The van der Waals surface area contributed by atoms with Gasteiger partial charge in [0.1, 0.15) is 5.82 Å². The lowest BCUT2D eigenvalue weighted by Crippen LogP contribution is -2.30. The largest absolute Gasteiger partial charge is 0.367 e. The van der Waals surface area contributed by atoms with E-state index in [2.05, 4.69) is 20.4 Å². The Morgan fingerprint density at radius 2 is 2.13 bits per heavy atom. The van der Waals surface area contributed by atoms with Crippen molar-refractivity contribution in [2.75, 3.05) is 30.7 Å². The minimum atomic E-state index is -3.05. The van der Waals surface area contributed by atoms with Crippen LogP contribution < -0.4 is 5.32 Å². The summed E-state index contributed by atoms with van der Waals surface area (Å²) in [7, 11) is -3.05. The summed E-state index contributed by atoms with van der Waals surface area (Å²) in [4.78, 5) is 8.65. The van der Waals surface area contributed by atoms with Crippen LogP contribution in [0.3, 0.4) is 0 Å². The molecule has 2 aromatic rings. The van der Waals surface area contributed by atoms with Crippen LogP contribution in [0.1, 0.15) is 17.8 Å². The van der Waals surface area contributed by atoms with Gasteiger partial charge in [0.25, 0.3) is 0 Å². The van der Waals surface area contributed by atoms with Gasteiger partial charge in [-0.15, -0.1) is 0 Å². The summed E-state index contributed by atoms with van der Waals surface area (Å²) in [5.41, 5.74) is 1.90. The van der Waals surface area contributed by atoms with Crippen LogP contribution in [0, 0.1) is 13.8 Å². The summed E-state index contributed by atoms with van der Waals surface area (Å²) in [5, 5.41) is 7.51. The van der Waals surface area contributed by atoms with Crippen molar-refractivity contribution in [1.82, 2.24) is 24.1 Å². The molecule has 0 unspecified atom stereocenters. The standard InChI is InChI=1S/C14H20N6O2S/c1-11-8-12(2)20(18-11)14-10-15-9-13(17-14)16-4-6-19-5-3-7-23(19,21)22/h8-10H,3-7H2,1-2H3,(H,16,17). The SMILES string of the molecule is Cc1cc(C)n(-c2cncc(NCCN3CCCS3(=O)=O)n2)n1. The van der Waals surface area contributed by atoms with Gasteiger partial charge in [-0.3, -0.25) is 4.98 Å². The molecule has 1 saturated heterocycles. The molecule has 0 spiro atoms. The minimum absolute atomic E-state index is 0.250. The van der Waals surface area contributed by atoms with Crippen LogP contribution in [-0.4, -0.2) is 57.9 Å². The molecular formula is C14H20N6O2S. The second-order valence-corrected chi connectivity index (χ2v) is 7.69. The molecule has 9 heteroatoms. The summed E-state index contributed by atoms with van der Waals surface area (Å²) < 4.78 is 26.7. The normalized spacial score (nSPS) is 17.5. The van der Waals surface area contributed by atoms with Crippen LogP contribution in [-0.2, 0) is 10.0 Å². The number of nitrogens with zero attached hydrogens (tertiary/aromatic N) is 5. The van der Waals surface area contributed by atoms with E-state index in [1.807, 2.05) is 19.9 Å². The molecule has 3 rings (SSSR count). The first-order valence-electron chi connectivity index (χ1n) is 7.53. The molecule has 2 aromatic heterocycles. The fourth-order valence-electron chi connectivity index (χ4n) is 2.65. The molecule has 1 aliphatic rings. The maximum Gasteiger partial charge on any atom is 0.214 e. The Bertz CT molecular complexity index is 801. The van der Waals surface area contributed by atoms with Crippen LogP contribution >= 0.6 is 0 Å². The fourth-order valence-corrected chi connectivity index (χ4v) is 4.18. The summed E-state index contributed by atoms with van der Waals surface area (Å²) in [6, 6.07) is 1.97. The molecule has 1 aliphatic heterocycles. The molecule has 1 N–H and O–H groups in total. The molecule has 1 fully saturated rings. The Morgan fingerprint density at radius 1 is 1.30 bits per heavy atom. The lowest BCUT2D eigenvalue weighted by Gasteiger charge is -2.14. The third kappa shape index (κ3) is 3.50. The van der Waals surface area contributed by atoms with E-state index in [-0.39, 0.29) is 5.75 Å². The van der Waals surface area contributed by atoms with E-state index in [0.717, 1.165) is 11.4 Å². The van der Waals surface area contributed by atoms with Crippen LogP contribution in [0.2, 0.25) is 0 Å². The first-order valence-corrected chi connectivity index (χ1v) is 9.14. The highest BCUT2D eigenvalue weighted by atomic mass is 32.2. The Labute approximate surface area is 135 Å². The van der Waals surface area contributed by atoms with Gasteiger partial charge >= 0.3 is 0 Å². The molecule has 23 heavy (non-hydrogen) atoms. The van der Waals surface area contributed by atoms with Gasteiger partial charge < -0.3 is 5.32 Å². The number of sulfonamides is 1. The Balaban J connectivity index is 1.65. The number of rotatable bonds is 5. The van der Waals surface area contributed by atoms with E-state index < -0.39 is 10.0 Å². The molecule has 0 bridgehead atoms. The smallest absolute Gasteiger partial charge is 0.214 e. The predicted molar refractivity (Wildman–Crippen MR) is 87.1 cm³/mol. The van der Waals surface area contributed by atoms with Gasteiger partial charge in [0.2, 0.25) is 10.0 Å². The Hall–Kier alpha value is -2.00. The molecular weight excluding hydrogens is 316 g/mol. The summed E-state index contributed by atoms with van der Waals surface area (Å²) in [6.07, 6.45) is 3.97. The van der Waals surface area contributed by atoms with Crippen molar-refractivity contribution in [1.29, 1.82) is 0 Å². The molecule has 0 atom stereocenters. The summed E-state index contributed by atoms with van der Waals surface area (Å²) >= 11 is 0. The second kappa shape index (κ2) is 6.25. The van der Waals surface area contributed by atoms with Crippen molar-refractivity contribution in [3.63, 3.8) is 0 Å². The number of anilines is 1. The van der Waals surface area contributed by atoms with E-state index in [1.54, 1.807) is 17.1 Å². The zero-order chi connectivity index (χ0) is 16.4. The molecule has 8 nitrogen and oxygen atoms in total. The summed E-state index contributed by atoms with van der Waals surface area (Å²) in [5.74, 6) is 1.49. The van der Waals surface area contributed by atoms with Gasteiger partial charge in [-0.1, -0.05) is 0 Å². The van der Waals surface area contributed by atoms with Crippen molar-refractivity contribution in [3.8, 4) is 5.82 Å². The first-order chi connectivity index (χ1) is 11.0. The first kappa shape index (κ1) is 15.9.